The summed E-state index contributed by atoms with van der Waals surface area (Å²) in [4.78, 5) is 21.7. The number of nitrogens with zero attached hydrogens (tertiary/aromatic N) is 4. The molecule has 0 aliphatic heterocycles. The van der Waals surface area contributed by atoms with Crippen molar-refractivity contribution in [2.75, 3.05) is 5.32 Å². The van der Waals surface area contributed by atoms with E-state index < -0.39 is 18.2 Å². The molecule has 2 amide bonds. The summed E-state index contributed by atoms with van der Waals surface area (Å²) in [7, 11) is 0. The molecule has 8 nitrogen and oxygen atoms in total. The molecule has 0 spiro atoms. The van der Waals surface area contributed by atoms with Gasteiger partial charge in [-0.1, -0.05) is 42.5 Å². The second kappa shape index (κ2) is 9.07. The number of hydrogen-bond donors (Lipinski definition) is 3. The molecule has 172 valence electrons. The van der Waals surface area contributed by atoms with E-state index in [0.29, 0.717) is 23.8 Å². The average Bonchev–Trinajstić information content (AvgIpc) is 3.18. The number of aromatic nitrogens is 4. The SMILES string of the molecule is Cc1ncc(-c2nn(-c3ccccc3)c(NC(=O)N[C@@H]3c4ccccc4CC[C@H]3O)c2C)cn1. The van der Waals surface area contributed by atoms with E-state index in [1.54, 1.807) is 17.1 Å². The molecular formula is C26H26N6O2. The third-order valence-corrected chi connectivity index (χ3v) is 6.18. The molecule has 0 unspecified atom stereocenters. The van der Waals surface area contributed by atoms with Gasteiger partial charge in [0, 0.05) is 23.5 Å². The fourth-order valence-corrected chi connectivity index (χ4v) is 4.39. The van der Waals surface area contributed by atoms with Crippen LogP contribution in [0.1, 0.15) is 35.0 Å². The zero-order chi connectivity index (χ0) is 23.7. The Morgan fingerprint density at radius 3 is 2.50 bits per heavy atom. The third-order valence-electron chi connectivity index (χ3n) is 6.18. The van der Waals surface area contributed by atoms with Crippen LogP contribution in [-0.2, 0) is 6.42 Å². The van der Waals surface area contributed by atoms with Crippen molar-refractivity contribution in [3.63, 3.8) is 0 Å². The molecule has 0 bridgehead atoms. The summed E-state index contributed by atoms with van der Waals surface area (Å²) in [5.41, 5.74) is 5.13. The highest BCUT2D eigenvalue weighted by Crippen LogP contribution is 2.32. The van der Waals surface area contributed by atoms with Gasteiger partial charge >= 0.3 is 6.03 Å². The molecule has 5 rings (SSSR count). The first-order chi connectivity index (χ1) is 16.5. The van der Waals surface area contributed by atoms with E-state index in [1.165, 1.54) is 0 Å². The van der Waals surface area contributed by atoms with Gasteiger partial charge < -0.3 is 10.4 Å². The van der Waals surface area contributed by atoms with Gasteiger partial charge in [0.2, 0.25) is 0 Å². The number of rotatable bonds is 4. The molecule has 34 heavy (non-hydrogen) atoms. The van der Waals surface area contributed by atoms with Gasteiger partial charge in [0.05, 0.1) is 17.8 Å². The van der Waals surface area contributed by atoms with Crippen LogP contribution in [0.25, 0.3) is 16.9 Å². The summed E-state index contributed by atoms with van der Waals surface area (Å²) in [5, 5.41) is 21.3. The first kappa shape index (κ1) is 21.8. The number of carbonyl (C=O) groups excluding carboxylic acids is 1. The zero-order valence-electron chi connectivity index (χ0n) is 19.1. The zero-order valence-corrected chi connectivity index (χ0v) is 19.1. The van der Waals surface area contributed by atoms with Crippen LogP contribution >= 0.6 is 0 Å². The number of carbonyl (C=O) groups is 1. The molecule has 0 saturated carbocycles. The van der Waals surface area contributed by atoms with Crippen molar-refractivity contribution in [2.24, 2.45) is 0 Å². The number of benzene rings is 2. The van der Waals surface area contributed by atoms with Crippen molar-refractivity contribution in [1.29, 1.82) is 0 Å². The van der Waals surface area contributed by atoms with Crippen molar-refractivity contribution >= 4 is 11.8 Å². The fraction of sp³-hybridized carbons (Fsp3) is 0.231. The van der Waals surface area contributed by atoms with Gasteiger partial charge in [-0.2, -0.15) is 5.10 Å². The maximum Gasteiger partial charge on any atom is 0.320 e. The lowest BCUT2D eigenvalue weighted by Crippen LogP contribution is -2.41. The number of nitrogens with one attached hydrogen (secondary N) is 2. The van der Waals surface area contributed by atoms with Gasteiger partial charge in [-0.05, 0) is 49.9 Å². The summed E-state index contributed by atoms with van der Waals surface area (Å²) in [6, 6.07) is 16.6. The van der Waals surface area contributed by atoms with Crippen LogP contribution in [0, 0.1) is 13.8 Å². The number of fused-ring (bicyclic) bond motifs is 1. The second-order valence-electron chi connectivity index (χ2n) is 8.47. The van der Waals surface area contributed by atoms with Gasteiger partial charge in [0.15, 0.2) is 0 Å². The van der Waals surface area contributed by atoms with E-state index in [4.69, 9.17) is 5.10 Å². The largest absolute Gasteiger partial charge is 0.391 e. The summed E-state index contributed by atoms with van der Waals surface area (Å²) in [6.07, 6.45) is 4.19. The molecule has 2 heterocycles. The molecule has 0 saturated heterocycles. The Morgan fingerprint density at radius 2 is 1.74 bits per heavy atom. The van der Waals surface area contributed by atoms with E-state index in [2.05, 4.69) is 20.6 Å². The smallest absolute Gasteiger partial charge is 0.320 e. The standard InChI is InChI=1S/C26H26N6O2/c1-16-23(19-14-27-17(2)28-15-19)31-32(20-9-4-3-5-10-20)25(16)30-26(34)29-24-21-11-7-6-8-18(21)12-13-22(24)33/h3-11,14-15,22,24,33H,12-13H2,1-2H3,(H2,29,30,34)/t22-,24-/m1/s1. The molecule has 4 aromatic rings. The van der Waals surface area contributed by atoms with Crippen molar-refractivity contribution in [1.82, 2.24) is 25.1 Å². The maximum absolute atomic E-state index is 13.2. The predicted molar refractivity (Wildman–Crippen MR) is 130 cm³/mol. The topological polar surface area (TPSA) is 105 Å². The quantitative estimate of drug-likeness (QED) is 0.430. The fourth-order valence-electron chi connectivity index (χ4n) is 4.39. The molecule has 2 atom stereocenters. The Morgan fingerprint density at radius 1 is 1.03 bits per heavy atom. The Kier molecular flexibility index (Phi) is 5.81. The van der Waals surface area contributed by atoms with Crippen LogP contribution < -0.4 is 10.6 Å². The van der Waals surface area contributed by atoms with Gasteiger partial charge in [0.1, 0.15) is 17.3 Å². The number of aliphatic hydroxyl groups excluding tert-OH is 1. The van der Waals surface area contributed by atoms with Crippen LogP contribution in [0.3, 0.4) is 0 Å². The predicted octanol–water partition coefficient (Wildman–Crippen LogP) is 4.12. The highest BCUT2D eigenvalue weighted by Gasteiger charge is 2.30. The van der Waals surface area contributed by atoms with Crippen molar-refractivity contribution in [3.05, 3.63) is 89.5 Å². The lowest BCUT2D eigenvalue weighted by molar-refractivity contribution is 0.114. The number of amides is 2. The molecule has 2 aromatic heterocycles. The average molecular weight is 455 g/mol. The van der Waals surface area contributed by atoms with Crippen LogP contribution in [-0.4, -0.2) is 37.0 Å². The molecule has 3 N–H and O–H groups in total. The number of anilines is 1. The molecule has 1 aliphatic carbocycles. The molecule has 8 heteroatoms. The first-order valence-corrected chi connectivity index (χ1v) is 11.3. The summed E-state index contributed by atoms with van der Waals surface area (Å²) >= 11 is 0. The van der Waals surface area contributed by atoms with Crippen LogP contribution in [0.15, 0.2) is 67.0 Å². The maximum atomic E-state index is 13.2. The third kappa shape index (κ3) is 4.15. The molecular weight excluding hydrogens is 428 g/mol. The summed E-state index contributed by atoms with van der Waals surface area (Å²) in [6.45, 7) is 3.73. The highest BCUT2D eigenvalue weighted by atomic mass is 16.3. The Labute approximate surface area is 197 Å². The summed E-state index contributed by atoms with van der Waals surface area (Å²) < 4.78 is 1.70. The Bertz CT molecular complexity index is 1320. The van der Waals surface area contributed by atoms with Crippen molar-refractivity contribution < 1.29 is 9.90 Å². The van der Waals surface area contributed by atoms with E-state index in [0.717, 1.165) is 34.4 Å². The number of aliphatic hydroxyl groups is 1. The number of aryl methyl sites for hydroxylation is 2. The molecule has 1 aliphatic rings. The summed E-state index contributed by atoms with van der Waals surface area (Å²) in [5.74, 6) is 1.21. The van der Waals surface area contributed by atoms with E-state index in [9.17, 15) is 9.90 Å². The van der Waals surface area contributed by atoms with Gasteiger partial charge in [-0.3, -0.25) is 5.32 Å². The minimum absolute atomic E-state index is 0.410. The first-order valence-electron chi connectivity index (χ1n) is 11.3. The van der Waals surface area contributed by atoms with Gasteiger partial charge in [-0.25, -0.2) is 19.4 Å². The van der Waals surface area contributed by atoms with Crippen molar-refractivity contribution in [2.45, 2.75) is 38.8 Å². The molecule has 0 fully saturated rings. The monoisotopic (exact) mass is 454 g/mol. The second-order valence-corrected chi connectivity index (χ2v) is 8.47. The van der Waals surface area contributed by atoms with Crippen LogP contribution in [0.5, 0.6) is 0 Å². The van der Waals surface area contributed by atoms with Crippen molar-refractivity contribution in [3.8, 4) is 16.9 Å². The minimum atomic E-state index is -0.652. The van der Waals surface area contributed by atoms with E-state index >= 15 is 0 Å². The lowest BCUT2D eigenvalue weighted by atomic mass is 9.86. The minimum Gasteiger partial charge on any atom is -0.391 e. The number of para-hydroxylation sites is 1. The molecule has 2 aromatic carbocycles. The lowest BCUT2D eigenvalue weighted by Gasteiger charge is -2.31. The van der Waals surface area contributed by atoms with Gasteiger partial charge in [0.25, 0.3) is 0 Å². The Hall–Kier alpha value is -4.04. The van der Waals surface area contributed by atoms with E-state index in [1.807, 2.05) is 68.4 Å². The molecule has 0 radical (unpaired) electrons. The van der Waals surface area contributed by atoms with Crippen LogP contribution in [0.2, 0.25) is 0 Å². The number of hydrogen-bond acceptors (Lipinski definition) is 5. The van der Waals surface area contributed by atoms with E-state index in [-0.39, 0.29) is 0 Å². The van der Waals surface area contributed by atoms with Crippen LogP contribution in [0.4, 0.5) is 10.6 Å². The number of urea groups is 1. The normalized spacial score (nSPS) is 17.1. The highest BCUT2D eigenvalue weighted by molar-refractivity contribution is 5.91. The van der Waals surface area contributed by atoms with Gasteiger partial charge in [-0.15, -0.1) is 0 Å². The Balaban J connectivity index is 1.48.